The highest BCUT2D eigenvalue weighted by Crippen LogP contribution is 2.21. The first-order chi connectivity index (χ1) is 15.4. The van der Waals surface area contributed by atoms with Crippen LogP contribution in [-0.2, 0) is 11.3 Å². The second-order valence-corrected chi connectivity index (χ2v) is 8.35. The van der Waals surface area contributed by atoms with Gasteiger partial charge in [-0.05, 0) is 30.3 Å². The predicted octanol–water partition coefficient (Wildman–Crippen LogP) is 2.59. The van der Waals surface area contributed by atoms with Crippen LogP contribution in [0.5, 0.6) is 0 Å². The molecule has 0 spiro atoms. The normalized spacial score (nSPS) is 14.5. The third-order valence-electron chi connectivity index (χ3n) is 5.34. The van der Waals surface area contributed by atoms with Crippen molar-refractivity contribution < 1.29 is 9.59 Å². The van der Waals surface area contributed by atoms with Crippen LogP contribution in [0.2, 0.25) is 10.0 Å². The number of piperazine rings is 1. The molecule has 1 aliphatic heterocycles. The highest BCUT2D eigenvalue weighted by molar-refractivity contribution is 6.36. The van der Waals surface area contributed by atoms with E-state index in [0.29, 0.717) is 49.4 Å². The van der Waals surface area contributed by atoms with E-state index in [1.807, 2.05) is 24.3 Å². The number of hydrogen-bond donors (Lipinski definition) is 2. The summed E-state index contributed by atoms with van der Waals surface area (Å²) in [6.45, 7) is 2.93. The molecule has 2 amide bonds. The van der Waals surface area contributed by atoms with Crippen LogP contribution in [0.4, 0.5) is 5.82 Å². The van der Waals surface area contributed by atoms with Gasteiger partial charge in [-0.1, -0.05) is 35.3 Å². The Balaban J connectivity index is 1.28. The van der Waals surface area contributed by atoms with Gasteiger partial charge < -0.3 is 16.0 Å². The van der Waals surface area contributed by atoms with Crippen molar-refractivity contribution in [2.45, 2.75) is 6.54 Å². The molecule has 0 aliphatic carbocycles. The summed E-state index contributed by atoms with van der Waals surface area (Å²) >= 11 is 11.9. The average molecular weight is 473 g/mol. The summed E-state index contributed by atoms with van der Waals surface area (Å²) in [6, 6.07) is 12.2. The van der Waals surface area contributed by atoms with Gasteiger partial charge in [-0.3, -0.25) is 14.5 Å². The Kier molecular flexibility index (Phi) is 6.74. The molecule has 3 aromatic rings. The average Bonchev–Trinajstić information content (AvgIpc) is 2.78. The quantitative estimate of drug-likeness (QED) is 0.591. The van der Waals surface area contributed by atoms with Crippen molar-refractivity contribution in [2.75, 3.05) is 38.5 Å². The number of nitrogens with one attached hydrogen (secondary N) is 1. The summed E-state index contributed by atoms with van der Waals surface area (Å²) in [6.07, 6.45) is 0. The Bertz CT molecular complexity index is 1160. The fourth-order valence-electron chi connectivity index (χ4n) is 3.61. The Morgan fingerprint density at radius 1 is 1.03 bits per heavy atom. The number of rotatable bonds is 5. The molecule has 166 valence electrons. The van der Waals surface area contributed by atoms with Crippen LogP contribution in [0.3, 0.4) is 0 Å². The number of amides is 2. The fraction of sp³-hybridized carbons (Fsp3) is 0.273. The number of halogens is 2. The molecule has 1 aromatic heterocycles. The molecule has 0 bridgehead atoms. The maximum atomic E-state index is 12.5. The van der Waals surface area contributed by atoms with Crippen molar-refractivity contribution in [3.63, 3.8) is 0 Å². The minimum absolute atomic E-state index is 0.0951. The first kappa shape index (κ1) is 22.3. The lowest BCUT2D eigenvalue weighted by Crippen LogP contribution is -2.51. The predicted molar refractivity (Wildman–Crippen MR) is 125 cm³/mol. The van der Waals surface area contributed by atoms with Gasteiger partial charge in [-0.15, -0.1) is 0 Å². The number of anilines is 1. The fourth-order valence-corrected chi connectivity index (χ4v) is 4.11. The molecule has 4 rings (SSSR count). The zero-order valence-corrected chi connectivity index (χ0v) is 18.7. The van der Waals surface area contributed by atoms with E-state index in [4.69, 9.17) is 28.9 Å². The molecule has 8 nitrogen and oxygen atoms in total. The zero-order valence-electron chi connectivity index (χ0n) is 17.2. The molecule has 1 fully saturated rings. The van der Waals surface area contributed by atoms with Gasteiger partial charge in [0, 0.05) is 36.6 Å². The van der Waals surface area contributed by atoms with Gasteiger partial charge >= 0.3 is 0 Å². The molecule has 2 heterocycles. The van der Waals surface area contributed by atoms with E-state index >= 15 is 0 Å². The van der Waals surface area contributed by atoms with E-state index in [2.05, 4.69) is 20.2 Å². The SMILES string of the molecule is Nc1nc(CN2CCN(C(=O)CNC(=O)c3ccc(Cl)cc3Cl)CC2)nc2ccccc12. The van der Waals surface area contributed by atoms with E-state index in [0.717, 1.165) is 10.9 Å². The number of aromatic nitrogens is 2. The van der Waals surface area contributed by atoms with E-state index in [1.165, 1.54) is 12.1 Å². The van der Waals surface area contributed by atoms with Gasteiger partial charge in [0.05, 0.1) is 29.2 Å². The van der Waals surface area contributed by atoms with Gasteiger partial charge in [0.15, 0.2) is 0 Å². The number of benzene rings is 2. The van der Waals surface area contributed by atoms with Crippen molar-refractivity contribution >= 4 is 51.7 Å². The molecule has 0 unspecified atom stereocenters. The number of fused-ring (bicyclic) bond motifs is 1. The largest absolute Gasteiger partial charge is 0.383 e. The van der Waals surface area contributed by atoms with Gasteiger partial charge in [0.1, 0.15) is 11.6 Å². The van der Waals surface area contributed by atoms with Gasteiger partial charge in [-0.2, -0.15) is 0 Å². The molecule has 2 aromatic carbocycles. The Morgan fingerprint density at radius 3 is 2.53 bits per heavy atom. The first-order valence-electron chi connectivity index (χ1n) is 10.2. The summed E-state index contributed by atoms with van der Waals surface area (Å²) in [4.78, 5) is 37.7. The molecule has 32 heavy (non-hydrogen) atoms. The van der Waals surface area contributed by atoms with Gasteiger partial charge in [0.25, 0.3) is 5.91 Å². The third-order valence-corrected chi connectivity index (χ3v) is 5.89. The van der Waals surface area contributed by atoms with Crippen molar-refractivity contribution in [1.29, 1.82) is 0 Å². The molecular weight excluding hydrogens is 451 g/mol. The topological polar surface area (TPSA) is 104 Å². The standard InChI is InChI=1S/C22H22Cl2N6O2/c23-14-5-6-15(17(24)11-14)22(32)26-12-20(31)30-9-7-29(8-10-30)13-19-27-18-4-2-1-3-16(18)21(25)28-19/h1-6,11H,7-10,12-13H2,(H,26,32)(H2,25,27,28). The maximum Gasteiger partial charge on any atom is 0.253 e. The van der Waals surface area contributed by atoms with Crippen LogP contribution in [0, 0.1) is 0 Å². The van der Waals surface area contributed by atoms with E-state index < -0.39 is 5.91 Å². The third kappa shape index (κ3) is 5.09. The minimum Gasteiger partial charge on any atom is -0.383 e. The van der Waals surface area contributed by atoms with Crippen LogP contribution >= 0.6 is 23.2 Å². The summed E-state index contributed by atoms with van der Waals surface area (Å²) in [5.41, 5.74) is 7.17. The molecule has 0 radical (unpaired) electrons. The molecule has 1 aliphatic rings. The monoisotopic (exact) mass is 472 g/mol. The Labute approximate surface area is 195 Å². The lowest BCUT2D eigenvalue weighted by Gasteiger charge is -2.34. The van der Waals surface area contributed by atoms with Crippen LogP contribution in [0.1, 0.15) is 16.2 Å². The summed E-state index contributed by atoms with van der Waals surface area (Å²) in [5.74, 6) is 0.572. The van der Waals surface area contributed by atoms with Crippen molar-refractivity contribution in [2.24, 2.45) is 0 Å². The number of carbonyl (C=O) groups is 2. The molecular formula is C22H22Cl2N6O2. The second-order valence-electron chi connectivity index (χ2n) is 7.51. The first-order valence-corrected chi connectivity index (χ1v) is 10.9. The molecule has 0 saturated carbocycles. The molecule has 3 N–H and O–H groups in total. The van der Waals surface area contributed by atoms with Gasteiger partial charge in [-0.25, -0.2) is 9.97 Å². The summed E-state index contributed by atoms with van der Waals surface area (Å²) < 4.78 is 0. The lowest BCUT2D eigenvalue weighted by molar-refractivity contribution is -0.131. The van der Waals surface area contributed by atoms with E-state index in [1.54, 1.807) is 11.0 Å². The van der Waals surface area contributed by atoms with Crippen molar-refractivity contribution in [3.05, 3.63) is 63.9 Å². The molecule has 0 atom stereocenters. The number of hydrogen-bond acceptors (Lipinski definition) is 6. The smallest absolute Gasteiger partial charge is 0.253 e. The van der Waals surface area contributed by atoms with Crippen LogP contribution in [0.25, 0.3) is 10.9 Å². The maximum absolute atomic E-state index is 12.5. The number of nitrogens with two attached hydrogens (primary N) is 1. The van der Waals surface area contributed by atoms with Crippen LogP contribution in [0.15, 0.2) is 42.5 Å². The number of nitrogen functional groups attached to an aromatic ring is 1. The minimum atomic E-state index is -0.412. The lowest BCUT2D eigenvalue weighted by atomic mass is 10.2. The van der Waals surface area contributed by atoms with Gasteiger partial charge in [0.2, 0.25) is 5.91 Å². The van der Waals surface area contributed by atoms with E-state index in [9.17, 15) is 9.59 Å². The second kappa shape index (κ2) is 9.68. The highest BCUT2D eigenvalue weighted by atomic mass is 35.5. The Hall–Kier alpha value is -2.94. The van der Waals surface area contributed by atoms with Crippen LogP contribution in [-0.4, -0.2) is 64.3 Å². The number of para-hydroxylation sites is 1. The molecule has 1 saturated heterocycles. The highest BCUT2D eigenvalue weighted by Gasteiger charge is 2.22. The van der Waals surface area contributed by atoms with Crippen molar-refractivity contribution in [3.8, 4) is 0 Å². The van der Waals surface area contributed by atoms with E-state index in [-0.39, 0.29) is 23.0 Å². The zero-order chi connectivity index (χ0) is 22.7. The number of carbonyl (C=O) groups excluding carboxylic acids is 2. The summed E-state index contributed by atoms with van der Waals surface area (Å²) in [7, 11) is 0. The number of nitrogens with zero attached hydrogens (tertiary/aromatic N) is 4. The van der Waals surface area contributed by atoms with Crippen molar-refractivity contribution in [1.82, 2.24) is 25.1 Å². The summed E-state index contributed by atoms with van der Waals surface area (Å²) in [5, 5.41) is 4.15. The Morgan fingerprint density at radius 2 is 1.78 bits per heavy atom. The van der Waals surface area contributed by atoms with Crippen LogP contribution < -0.4 is 11.1 Å². The molecule has 10 heteroatoms.